The molecular weight excluding hydrogens is 398 g/mol. The van der Waals surface area contributed by atoms with Crippen LogP contribution in [0.4, 0.5) is 0 Å². The Morgan fingerprint density at radius 1 is 1.23 bits per heavy atom. The van der Waals surface area contributed by atoms with Gasteiger partial charge in [-0.05, 0) is 25.0 Å². The first kappa shape index (κ1) is 17.3. The second-order valence-corrected chi connectivity index (χ2v) is 7.66. The first-order valence-electron chi connectivity index (χ1n) is 8.64. The van der Waals surface area contributed by atoms with E-state index in [0.29, 0.717) is 17.4 Å². The highest BCUT2D eigenvalue weighted by Gasteiger charge is 2.23. The number of aromatic nitrogens is 3. The lowest BCUT2D eigenvalue weighted by molar-refractivity contribution is 0.0975. The summed E-state index contributed by atoms with van der Waals surface area (Å²) in [5, 5.41) is 0.561. The predicted octanol–water partition coefficient (Wildman–Crippen LogP) is 2.65. The van der Waals surface area contributed by atoms with E-state index in [1.807, 2.05) is 30.5 Å². The fourth-order valence-electron chi connectivity index (χ4n) is 3.69. The van der Waals surface area contributed by atoms with E-state index in [0.717, 1.165) is 35.2 Å². The molecule has 0 saturated carbocycles. The van der Waals surface area contributed by atoms with Gasteiger partial charge in [-0.15, -0.1) is 0 Å². The largest absolute Gasteiger partial charge is 0.376 e. The lowest BCUT2D eigenvalue weighted by Crippen LogP contribution is -2.36. The first-order chi connectivity index (χ1) is 12.5. The van der Waals surface area contributed by atoms with Crippen molar-refractivity contribution in [2.75, 3.05) is 6.61 Å². The normalized spacial score (nSPS) is 17.3. The molecule has 1 atom stereocenters. The maximum atomic E-state index is 12.9. The van der Waals surface area contributed by atoms with Gasteiger partial charge < -0.3 is 9.30 Å². The van der Waals surface area contributed by atoms with Crippen LogP contribution in [0.25, 0.3) is 22.2 Å². The Hall–Kier alpha value is -2.12. The Balaban J connectivity index is 2.04. The van der Waals surface area contributed by atoms with Gasteiger partial charge in [-0.3, -0.25) is 13.9 Å². The summed E-state index contributed by atoms with van der Waals surface area (Å²) in [6.07, 6.45) is 4.08. The summed E-state index contributed by atoms with van der Waals surface area (Å²) in [5.74, 6) is 0. The van der Waals surface area contributed by atoms with Crippen LogP contribution in [-0.4, -0.2) is 26.4 Å². The van der Waals surface area contributed by atoms with Crippen molar-refractivity contribution >= 4 is 26.8 Å². The maximum absolute atomic E-state index is 12.9. The minimum atomic E-state index is -0.322. The van der Waals surface area contributed by atoms with Crippen LogP contribution in [0, 0.1) is 0 Å². The van der Waals surface area contributed by atoms with Crippen molar-refractivity contribution in [3.8, 4) is 11.3 Å². The predicted molar refractivity (Wildman–Crippen MR) is 105 cm³/mol. The second-order valence-electron chi connectivity index (χ2n) is 6.74. The molecule has 26 heavy (non-hydrogen) atoms. The zero-order valence-electron chi connectivity index (χ0n) is 14.7. The zero-order chi connectivity index (χ0) is 18.4. The summed E-state index contributed by atoms with van der Waals surface area (Å²) in [6, 6.07) is 7.87. The molecule has 4 rings (SSSR count). The summed E-state index contributed by atoms with van der Waals surface area (Å²) in [6.45, 7) is 1.44. The molecule has 3 heterocycles. The van der Waals surface area contributed by atoms with Gasteiger partial charge in [0, 0.05) is 43.5 Å². The average molecular weight is 418 g/mol. The summed E-state index contributed by atoms with van der Waals surface area (Å²) in [5.41, 5.74) is 1.81. The molecule has 1 saturated heterocycles. The third kappa shape index (κ3) is 2.75. The lowest BCUT2D eigenvalue weighted by atomic mass is 10.1. The van der Waals surface area contributed by atoms with Gasteiger partial charge in [0.1, 0.15) is 0 Å². The summed E-state index contributed by atoms with van der Waals surface area (Å²) < 4.78 is 11.5. The number of aryl methyl sites for hydroxylation is 1. The monoisotopic (exact) mass is 417 g/mol. The molecule has 3 aromatic rings. The van der Waals surface area contributed by atoms with Crippen molar-refractivity contribution in [1.29, 1.82) is 0 Å². The molecule has 1 unspecified atom stereocenters. The van der Waals surface area contributed by atoms with Crippen molar-refractivity contribution in [2.24, 2.45) is 14.1 Å². The fourth-order valence-corrected chi connectivity index (χ4v) is 4.09. The van der Waals surface area contributed by atoms with E-state index >= 15 is 0 Å². The van der Waals surface area contributed by atoms with Crippen molar-refractivity contribution in [3.05, 3.63) is 55.8 Å². The number of hydrogen-bond donors (Lipinski definition) is 0. The zero-order valence-corrected chi connectivity index (χ0v) is 16.3. The summed E-state index contributed by atoms with van der Waals surface area (Å²) >= 11 is 3.51. The Labute approximate surface area is 158 Å². The Morgan fingerprint density at radius 2 is 2.04 bits per heavy atom. The molecular formula is C19H20BrN3O3. The van der Waals surface area contributed by atoms with E-state index in [1.165, 1.54) is 16.2 Å². The minimum Gasteiger partial charge on any atom is -0.376 e. The van der Waals surface area contributed by atoms with Gasteiger partial charge in [0.05, 0.1) is 22.7 Å². The second kappa shape index (κ2) is 6.55. The fraction of sp³-hybridized carbons (Fsp3) is 0.368. The number of hydrogen-bond acceptors (Lipinski definition) is 3. The van der Waals surface area contributed by atoms with Gasteiger partial charge in [0.25, 0.3) is 5.56 Å². The quantitative estimate of drug-likeness (QED) is 0.657. The highest BCUT2D eigenvalue weighted by Crippen LogP contribution is 2.31. The standard InChI is InChI=1S/C19H20BrN3O3/c1-21-15-11-23(10-14-7-4-8-26-14)17(12-5-3-6-13(20)9-12)16(15)18(24)22(2)19(21)25/h3,5-6,9,11,14H,4,7-8,10H2,1-2H3. The first-order valence-corrected chi connectivity index (χ1v) is 9.43. The molecule has 0 radical (unpaired) electrons. The van der Waals surface area contributed by atoms with E-state index in [-0.39, 0.29) is 17.4 Å². The molecule has 1 aliphatic heterocycles. The smallest absolute Gasteiger partial charge is 0.330 e. The molecule has 6 nitrogen and oxygen atoms in total. The molecule has 0 bridgehead atoms. The highest BCUT2D eigenvalue weighted by molar-refractivity contribution is 9.10. The number of rotatable bonds is 3. The molecule has 0 spiro atoms. The molecule has 0 amide bonds. The van der Waals surface area contributed by atoms with Crippen molar-refractivity contribution < 1.29 is 4.74 Å². The third-order valence-corrected chi connectivity index (χ3v) is 5.53. The Morgan fingerprint density at radius 3 is 2.73 bits per heavy atom. The van der Waals surface area contributed by atoms with Gasteiger partial charge >= 0.3 is 5.69 Å². The van der Waals surface area contributed by atoms with E-state index in [4.69, 9.17) is 4.74 Å². The van der Waals surface area contributed by atoms with E-state index < -0.39 is 0 Å². The highest BCUT2D eigenvalue weighted by atomic mass is 79.9. The van der Waals surface area contributed by atoms with Crippen LogP contribution in [0.2, 0.25) is 0 Å². The third-order valence-electron chi connectivity index (χ3n) is 5.03. The molecule has 0 N–H and O–H groups in total. The topological polar surface area (TPSA) is 58.2 Å². The maximum Gasteiger partial charge on any atom is 0.330 e. The average Bonchev–Trinajstić information content (AvgIpc) is 3.26. The van der Waals surface area contributed by atoms with Gasteiger partial charge in [0.15, 0.2) is 0 Å². The lowest BCUT2D eigenvalue weighted by Gasteiger charge is -2.14. The summed E-state index contributed by atoms with van der Waals surface area (Å²) in [4.78, 5) is 25.3. The van der Waals surface area contributed by atoms with E-state index in [9.17, 15) is 9.59 Å². The van der Waals surface area contributed by atoms with Gasteiger partial charge in [-0.2, -0.15) is 0 Å². The van der Waals surface area contributed by atoms with Crippen molar-refractivity contribution in [2.45, 2.75) is 25.5 Å². The number of nitrogens with zero attached hydrogens (tertiary/aromatic N) is 3. The van der Waals surface area contributed by atoms with Crippen molar-refractivity contribution in [1.82, 2.24) is 13.7 Å². The van der Waals surface area contributed by atoms with Crippen LogP contribution in [0.5, 0.6) is 0 Å². The molecule has 0 aliphatic carbocycles. The van der Waals surface area contributed by atoms with E-state index in [1.54, 1.807) is 7.05 Å². The van der Waals surface area contributed by atoms with Gasteiger partial charge in [-0.1, -0.05) is 28.1 Å². The van der Waals surface area contributed by atoms with Crippen LogP contribution in [0.1, 0.15) is 12.8 Å². The van der Waals surface area contributed by atoms with Gasteiger partial charge in [0.2, 0.25) is 0 Å². The van der Waals surface area contributed by atoms with Crippen molar-refractivity contribution in [3.63, 3.8) is 0 Å². The molecule has 7 heteroatoms. The van der Waals surface area contributed by atoms with Crippen LogP contribution in [0.15, 0.2) is 44.5 Å². The van der Waals surface area contributed by atoms with Crippen LogP contribution in [0.3, 0.4) is 0 Å². The van der Waals surface area contributed by atoms with Crippen LogP contribution < -0.4 is 11.2 Å². The molecule has 2 aromatic heterocycles. The number of halogens is 1. The van der Waals surface area contributed by atoms with Crippen LogP contribution >= 0.6 is 15.9 Å². The number of fused-ring (bicyclic) bond motifs is 1. The minimum absolute atomic E-state index is 0.128. The number of ether oxygens (including phenoxy) is 1. The molecule has 1 aromatic carbocycles. The molecule has 136 valence electrons. The Bertz CT molecular complexity index is 1100. The summed E-state index contributed by atoms with van der Waals surface area (Å²) in [7, 11) is 3.22. The number of benzene rings is 1. The van der Waals surface area contributed by atoms with E-state index in [2.05, 4.69) is 20.5 Å². The SMILES string of the molecule is Cn1c(=O)c2c(-c3cccc(Br)c3)n(CC3CCCO3)cc2n(C)c1=O. The molecule has 1 aliphatic rings. The Kier molecular flexibility index (Phi) is 4.36. The van der Waals surface area contributed by atoms with Crippen LogP contribution in [-0.2, 0) is 25.4 Å². The molecule has 1 fully saturated rings. The van der Waals surface area contributed by atoms with Gasteiger partial charge in [-0.25, -0.2) is 4.79 Å².